The summed E-state index contributed by atoms with van der Waals surface area (Å²) in [5.41, 5.74) is 1.34. The van der Waals surface area contributed by atoms with Crippen LogP contribution in [-0.2, 0) is 10.0 Å². The first-order valence-electron chi connectivity index (χ1n) is 6.38. The predicted octanol–water partition coefficient (Wildman–Crippen LogP) is 1.19. The maximum absolute atomic E-state index is 12.5. The second kappa shape index (κ2) is 4.74. The van der Waals surface area contributed by atoms with Gasteiger partial charge in [0.2, 0.25) is 16.1 Å². The van der Waals surface area contributed by atoms with Gasteiger partial charge < -0.3 is 0 Å². The second-order valence-corrected chi connectivity index (χ2v) is 7.01. The summed E-state index contributed by atoms with van der Waals surface area (Å²) in [7, 11) is -3.74. The molecule has 110 valence electrons. The Kier molecular flexibility index (Phi) is 3.14. The van der Waals surface area contributed by atoms with E-state index in [4.69, 9.17) is 0 Å². The highest BCUT2D eigenvalue weighted by molar-refractivity contribution is 7.89. The van der Waals surface area contributed by atoms with Gasteiger partial charge in [-0.25, -0.2) is 8.42 Å². The largest absolute Gasteiger partial charge is 0.264 e. The molecule has 1 saturated heterocycles. The average Bonchev–Trinajstić information content (AvgIpc) is 2.34. The van der Waals surface area contributed by atoms with Crippen molar-refractivity contribution in [1.29, 1.82) is 0 Å². The van der Waals surface area contributed by atoms with E-state index in [-0.39, 0.29) is 18.0 Å². The van der Waals surface area contributed by atoms with Crippen molar-refractivity contribution >= 4 is 20.9 Å². The van der Waals surface area contributed by atoms with Crippen molar-refractivity contribution in [3.63, 3.8) is 0 Å². The number of hydrogen-bond donors (Lipinski definition) is 0. The SMILES string of the molecule is Cc1cnc2c(S(=O)(=O)N3CC([N+](=O)[O-])C3)cccc2c1. The molecule has 0 amide bonds. The molecule has 0 N–H and O–H groups in total. The number of rotatable bonds is 3. The summed E-state index contributed by atoms with van der Waals surface area (Å²) in [5, 5.41) is 11.4. The van der Waals surface area contributed by atoms with Gasteiger partial charge in [0, 0.05) is 16.5 Å². The van der Waals surface area contributed by atoms with Crippen molar-refractivity contribution in [2.45, 2.75) is 17.9 Å². The number of nitro groups is 1. The summed E-state index contributed by atoms with van der Waals surface area (Å²) in [6.45, 7) is 1.71. The molecule has 2 aromatic rings. The van der Waals surface area contributed by atoms with Gasteiger partial charge in [-0.1, -0.05) is 12.1 Å². The standard InChI is InChI=1S/C13H13N3O4S/c1-9-5-10-3-2-4-12(13(10)14-6-9)21(19,20)15-7-11(8-15)16(17)18/h2-6,11H,7-8H2,1H3. The summed E-state index contributed by atoms with van der Waals surface area (Å²) in [6, 6.07) is 5.98. The zero-order valence-corrected chi connectivity index (χ0v) is 12.1. The minimum absolute atomic E-state index is 0.0857. The molecule has 0 aliphatic carbocycles. The van der Waals surface area contributed by atoms with Crippen LogP contribution in [0.25, 0.3) is 10.9 Å². The van der Waals surface area contributed by atoms with E-state index in [2.05, 4.69) is 4.98 Å². The minimum atomic E-state index is -3.74. The van der Waals surface area contributed by atoms with Crippen molar-refractivity contribution in [3.8, 4) is 0 Å². The number of para-hydroxylation sites is 1. The lowest BCUT2D eigenvalue weighted by atomic mass is 10.2. The molecule has 2 heterocycles. The van der Waals surface area contributed by atoms with E-state index < -0.39 is 21.0 Å². The molecule has 21 heavy (non-hydrogen) atoms. The number of aryl methyl sites for hydroxylation is 1. The van der Waals surface area contributed by atoms with E-state index in [0.717, 1.165) is 15.3 Å². The Hall–Kier alpha value is -2.06. The molecular formula is C13H13N3O4S. The maximum atomic E-state index is 12.5. The Morgan fingerprint density at radius 2 is 2.10 bits per heavy atom. The number of fused-ring (bicyclic) bond motifs is 1. The third-order valence-electron chi connectivity index (χ3n) is 3.56. The van der Waals surface area contributed by atoms with Crippen LogP contribution in [0.2, 0.25) is 0 Å². The van der Waals surface area contributed by atoms with Crippen LogP contribution in [0, 0.1) is 17.0 Å². The molecule has 1 aliphatic heterocycles. The molecule has 0 spiro atoms. The van der Waals surface area contributed by atoms with Gasteiger partial charge in [0.15, 0.2) is 0 Å². The predicted molar refractivity (Wildman–Crippen MR) is 76.0 cm³/mol. The molecule has 0 atom stereocenters. The topological polar surface area (TPSA) is 93.4 Å². The zero-order chi connectivity index (χ0) is 15.2. The van der Waals surface area contributed by atoms with Gasteiger partial charge in [-0.05, 0) is 24.6 Å². The van der Waals surface area contributed by atoms with E-state index in [1.807, 2.05) is 13.0 Å². The van der Waals surface area contributed by atoms with Crippen molar-refractivity contribution in [2.24, 2.45) is 0 Å². The van der Waals surface area contributed by atoms with Crippen LogP contribution in [0.4, 0.5) is 0 Å². The van der Waals surface area contributed by atoms with Gasteiger partial charge in [0.05, 0.1) is 18.6 Å². The Balaban J connectivity index is 2.02. The number of hydrogen-bond acceptors (Lipinski definition) is 5. The van der Waals surface area contributed by atoms with Crippen LogP contribution < -0.4 is 0 Å². The van der Waals surface area contributed by atoms with Gasteiger partial charge in [0.25, 0.3) is 0 Å². The summed E-state index contributed by atoms with van der Waals surface area (Å²) < 4.78 is 26.2. The second-order valence-electron chi connectivity index (χ2n) is 5.10. The van der Waals surface area contributed by atoms with E-state index >= 15 is 0 Å². The first kappa shape index (κ1) is 13.9. The Morgan fingerprint density at radius 1 is 1.38 bits per heavy atom. The van der Waals surface area contributed by atoms with E-state index in [0.29, 0.717) is 5.52 Å². The third-order valence-corrected chi connectivity index (χ3v) is 5.42. The van der Waals surface area contributed by atoms with E-state index in [1.54, 1.807) is 18.3 Å². The molecule has 0 saturated carbocycles. The lowest BCUT2D eigenvalue weighted by molar-refractivity contribution is -0.535. The number of sulfonamides is 1. The van der Waals surface area contributed by atoms with Crippen LogP contribution in [0.1, 0.15) is 5.56 Å². The fraction of sp³-hybridized carbons (Fsp3) is 0.308. The minimum Gasteiger partial charge on any atom is -0.264 e. The summed E-state index contributed by atoms with van der Waals surface area (Å²) in [6.07, 6.45) is 1.61. The first-order chi connectivity index (χ1) is 9.89. The van der Waals surface area contributed by atoms with Gasteiger partial charge in [-0.3, -0.25) is 15.1 Å². The molecule has 1 fully saturated rings. The summed E-state index contributed by atoms with van der Waals surface area (Å²) in [4.78, 5) is 14.5. The Bertz CT molecular complexity index is 828. The summed E-state index contributed by atoms with van der Waals surface area (Å²) in [5.74, 6) is 0. The van der Waals surface area contributed by atoms with Crippen molar-refractivity contribution in [2.75, 3.05) is 13.1 Å². The van der Waals surface area contributed by atoms with Gasteiger partial charge >= 0.3 is 0 Å². The van der Waals surface area contributed by atoms with Crippen molar-refractivity contribution < 1.29 is 13.3 Å². The fourth-order valence-electron chi connectivity index (χ4n) is 2.34. The lowest BCUT2D eigenvalue weighted by Crippen LogP contribution is -2.56. The number of benzene rings is 1. The molecule has 7 nitrogen and oxygen atoms in total. The monoisotopic (exact) mass is 307 g/mol. The van der Waals surface area contributed by atoms with Crippen molar-refractivity contribution in [1.82, 2.24) is 9.29 Å². The lowest BCUT2D eigenvalue weighted by Gasteiger charge is -2.32. The molecule has 8 heteroatoms. The molecule has 1 aliphatic rings. The summed E-state index contributed by atoms with van der Waals surface area (Å²) >= 11 is 0. The molecule has 3 rings (SSSR count). The van der Waals surface area contributed by atoms with E-state index in [1.165, 1.54) is 6.07 Å². The first-order valence-corrected chi connectivity index (χ1v) is 7.82. The van der Waals surface area contributed by atoms with Crippen LogP contribution in [0.3, 0.4) is 0 Å². The molecule has 1 aromatic carbocycles. The van der Waals surface area contributed by atoms with Crippen LogP contribution in [-0.4, -0.2) is 41.8 Å². The molecular weight excluding hydrogens is 294 g/mol. The highest BCUT2D eigenvalue weighted by Crippen LogP contribution is 2.28. The Labute approximate surface area is 121 Å². The van der Waals surface area contributed by atoms with Gasteiger partial charge in [-0.15, -0.1) is 0 Å². The van der Waals surface area contributed by atoms with Gasteiger partial charge in [-0.2, -0.15) is 4.31 Å². The highest BCUT2D eigenvalue weighted by atomic mass is 32.2. The number of pyridine rings is 1. The molecule has 0 radical (unpaired) electrons. The van der Waals surface area contributed by atoms with Crippen LogP contribution >= 0.6 is 0 Å². The maximum Gasteiger partial charge on any atom is 0.245 e. The normalized spacial score (nSPS) is 16.8. The quantitative estimate of drug-likeness (QED) is 0.627. The highest BCUT2D eigenvalue weighted by Gasteiger charge is 2.44. The number of aromatic nitrogens is 1. The number of nitrogens with zero attached hydrogens (tertiary/aromatic N) is 3. The van der Waals surface area contributed by atoms with Crippen LogP contribution in [0.15, 0.2) is 35.4 Å². The zero-order valence-electron chi connectivity index (χ0n) is 11.3. The third kappa shape index (κ3) is 2.26. The van der Waals surface area contributed by atoms with Gasteiger partial charge in [0.1, 0.15) is 4.90 Å². The average molecular weight is 307 g/mol. The Morgan fingerprint density at radius 3 is 2.76 bits per heavy atom. The molecule has 1 aromatic heterocycles. The molecule has 0 bridgehead atoms. The van der Waals surface area contributed by atoms with E-state index in [9.17, 15) is 18.5 Å². The fourth-order valence-corrected chi connectivity index (χ4v) is 4.02. The smallest absolute Gasteiger partial charge is 0.245 e. The van der Waals surface area contributed by atoms with Crippen molar-refractivity contribution in [3.05, 3.63) is 46.1 Å². The molecule has 0 unspecified atom stereocenters. The van der Waals surface area contributed by atoms with Crippen LogP contribution in [0.5, 0.6) is 0 Å².